The maximum Gasteiger partial charge on any atom is 0.127 e. The monoisotopic (exact) mass is 250 g/mol. The molecule has 3 heteroatoms. The van der Waals surface area contributed by atoms with Crippen LogP contribution in [0.2, 0.25) is 0 Å². The van der Waals surface area contributed by atoms with E-state index in [4.69, 9.17) is 5.73 Å². The molecule has 0 spiro atoms. The average molecular weight is 250 g/mol. The fourth-order valence-electron chi connectivity index (χ4n) is 2.89. The van der Waals surface area contributed by atoms with Crippen molar-refractivity contribution in [2.24, 2.45) is 11.1 Å². The first-order valence-corrected chi connectivity index (χ1v) is 6.61. The van der Waals surface area contributed by atoms with Gasteiger partial charge in [0, 0.05) is 24.2 Å². The van der Waals surface area contributed by atoms with Gasteiger partial charge in [0.05, 0.1) is 0 Å². The molecule has 1 fully saturated rings. The van der Waals surface area contributed by atoms with Crippen molar-refractivity contribution in [3.8, 4) is 0 Å². The molecule has 2 N–H and O–H groups in total. The van der Waals surface area contributed by atoms with Gasteiger partial charge in [-0.15, -0.1) is 0 Å². The van der Waals surface area contributed by atoms with Gasteiger partial charge in [-0.05, 0) is 31.4 Å². The van der Waals surface area contributed by atoms with Crippen molar-refractivity contribution in [3.05, 3.63) is 35.6 Å². The van der Waals surface area contributed by atoms with E-state index in [9.17, 15) is 4.39 Å². The molecule has 0 radical (unpaired) electrons. The molecule has 2 atom stereocenters. The highest BCUT2D eigenvalue weighted by Gasteiger charge is 2.41. The quantitative estimate of drug-likeness (QED) is 0.893. The topological polar surface area (TPSA) is 29.3 Å². The van der Waals surface area contributed by atoms with Gasteiger partial charge in [-0.3, -0.25) is 4.90 Å². The Morgan fingerprint density at radius 1 is 1.39 bits per heavy atom. The van der Waals surface area contributed by atoms with Gasteiger partial charge in [0.25, 0.3) is 0 Å². The van der Waals surface area contributed by atoms with E-state index in [0.29, 0.717) is 12.6 Å². The lowest BCUT2D eigenvalue weighted by atomic mass is 9.87. The Kier molecular flexibility index (Phi) is 3.74. The van der Waals surface area contributed by atoms with E-state index in [-0.39, 0.29) is 17.3 Å². The summed E-state index contributed by atoms with van der Waals surface area (Å²) in [6.07, 6.45) is 2.24. The number of benzene rings is 1. The van der Waals surface area contributed by atoms with Crippen molar-refractivity contribution in [1.82, 2.24) is 4.90 Å². The maximum absolute atomic E-state index is 13.6. The van der Waals surface area contributed by atoms with Crippen molar-refractivity contribution in [2.45, 2.75) is 45.3 Å². The summed E-state index contributed by atoms with van der Waals surface area (Å²) in [6.45, 7) is 5.06. The van der Waals surface area contributed by atoms with E-state index in [1.54, 1.807) is 6.07 Å². The number of nitrogens with zero attached hydrogens (tertiary/aromatic N) is 1. The van der Waals surface area contributed by atoms with Crippen molar-refractivity contribution in [2.75, 3.05) is 7.05 Å². The lowest BCUT2D eigenvalue weighted by Crippen LogP contribution is -2.47. The fourth-order valence-corrected chi connectivity index (χ4v) is 2.89. The number of nitrogens with two attached hydrogens (primary N) is 1. The molecule has 1 aliphatic carbocycles. The molecule has 1 aliphatic rings. The first kappa shape index (κ1) is 13.5. The fraction of sp³-hybridized carbons (Fsp3) is 0.600. The lowest BCUT2D eigenvalue weighted by molar-refractivity contribution is 0.190. The Bertz CT molecular complexity index is 417. The summed E-state index contributed by atoms with van der Waals surface area (Å²) in [6, 6.07) is 7.47. The number of hydrogen-bond donors (Lipinski definition) is 1. The van der Waals surface area contributed by atoms with Gasteiger partial charge in [0.2, 0.25) is 0 Å². The Morgan fingerprint density at radius 2 is 2.06 bits per heavy atom. The van der Waals surface area contributed by atoms with Gasteiger partial charge in [0.1, 0.15) is 5.82 Å². The summed E-state index contributed by atoms with van der Waals surface area (Å²) < 4.78 is 13.6. The SMILES string of the molecule is CN(Cc1ccccc1F)C1CCC(C)(C)C1N. The van der Waals surface area contributed by atoms with Crippen molar-refractivity contribution in [3.63, 3.8) is 0 Å². The number of hydrogen-bond acceptors (Lipinski definition) is 2. The third kappa shape index (κ3) is 2.57. The lowest BCUT2D eigenvalue weighted by Gasteiger charge is -2.32. The van der Waals surface area contributed by atoms with E-state index < -0.39 is 0 Å². The van der Waals surface area contributed by atoms with Crippen LogP contribution >= 0.6 is 0 Å². The van der Waals surface area contributed by atoms with Crippen LogP contribution in [0.25, 0.3) is 0 Å². The van der Waals surface area contributed by atoms with Crippen LogP contribution in [0.4, 0.5) is 4.39 Å². The molecule has 2 rings (SSSR count). The number of likely N-dealkylation sites (N-methyl/N-ethyl adjacent to an activating group) is 1. The second-order valence-electron chi connectivity index (χ2n) is 6.13. The summed E-state index contributed by atoms with van der Waals surface area (Å²) >= 11 is 0. The molecule has 0 amide bonds. The Hall–Kier alpha value is -0.930. The van der Waals surface area contributed by atoms with Gasteiger partial charge in [0.15, 0.2) is 0 Å². The molecule has 0 heterocycles. The molecule has 0 aromatic heterocycles. The zero-order chi connectivity index (χ0) is 13.3. The van der Waals surface area contributed by atoms with Crippen molar-refractivity contribution >= 4 is 0 Å². The number of halogens is 1. The molecule has 18 heavy (non-hydrogen) atoms. The largest absolute Gasteiger partial charge is 0.326 e. The summed E-state index contributed by atoms with van der Waals surface area (Å²) in [5, 5.41) is 0. The highest BCUT2D eigenvalue weighted by molar-refractivity contribution is 5.17. The zero-order valence-electron chi connectivity index (χ0n) is 11.5. The minimum absolute atomic E-state index is 0.129. The van der Waals surface area contributed by atoms with Crippen molar-refractivity contribution in [1.29, 1.82) is 0 Å². The van der Waals surface area contributed by atoms with E-state index >= 15 is 0 Å². The smallest absolute Gasteiger partial charge is 0.127 e. The Labute approximate surface area is 109 Å². The van der Waals surface area contributed by atoms with E-state index in [2.05, 4.69) is 18.7 Å². The van der Waals surface area contributed by atoms with Crippen LogP contribution in [0.1, 0.15) is 32.3 Å². The minimum atomic E-state index is -0.129. The Morgan fingerprint density at radius 3 is 2.61 bits per heavy atom. The van der Waals surface area contributed by atoms with Gasteiger partial charge < -0.3 is 5.73 Å². The van der Waals surface area contributed by atoms with Crippen LogP contribution < -0.4 is 5.73 Å². The average Bonchev–Trinajstić information content (AvgIpc) is 2.58. The molecular weight excluding hydrogens is 227 g/mol. The van der Waals surface area contributed by atoms with Gasteiger partial charge in [-0.25, -0.2) is 4.39 Å². The molecule has 1 saturated carbocycles. The molecular formula is C15H23FN2. The Balaban J connectivity index is 2.05. The highest BCUT2D eigenvalue weighted by Crippen LogP contribution is 2.38. The molecule has 2 unspecified atom stereocenters. The second-order valence-corrected chi connectivity index (χ2v) is 6.13. The van der Waals surface area contributed by atoms with Gasteiger partial charge in [-0.2, -0.15) is 0 Å². The maximum atomic E-state index is 13.6. The van der Waals surface area contributed by atoms with Crippen LogP contribution in [0, 0.1) is 11.2 Å². The summed E-state index contributed by atoms with van der Waals surface area (Å²) in [4.78, 5) is 2.19. The van der Waals surface area contributed by atoms with Crippen LogP contribution in [0.5, 0.6) is 0 Å². The summed E-state index contributed by atoms with van der Waals surface area (Å²) in [7, 11) is 2.04. The van der Waals surface area contributed by atoms with Gasteiger partial charge >= 0.3 is 0 Å². The van der Waals surface area contributed by atoms with Crippen LogP contribution in [-0.2, 0) is 6.54 Å². The normalized spacial score (nSPS) is 26.8. The summed E-state index contributed by atoms with van der Waals surface area (Å²) in [5.74, 6) is -0.129. The molecule has 0 aliphatic heterocycles. The van der Waals surface area contributed by atoms with E-state index in [1.165, 1.54) is 6.07 Å². The second kappa shape index (κ2) is 4.98. The van der Waals surface area contributed by atoms with Gasteiger partial charge in [-0.1, -0.05) is 32.0 Å². The van der Waals surface area contributed by atoms with Crippen molar-refractivity contribution < 1.29 is 4.39 Å². The van der Waals surface area contributed by atoms with Crippen LogP contribution in [-0.4, -0.2) is 24.0 Å². The molecule has 1 aromatic carbocycles. The molecule has 0 saturated heterocycles. The predicted molar refractivity (Wildman–Crippen MR) is 72.6 cm³/mol. The first-order chi connectivity index (χ1) is 8.42. The first-order valence-electron chi connectivity index (χ1n) is 6.61. The zero-order valence-corrected chi connectivity index (χ0v) is 11.5. The highest BCUT2D eigenvalue weighted by atomic mass is 19.1. The molecule has 1 aromatic rings. The third-order valence-electron chi connectivity index (χ3n) is 4.35. The molecule has 2 nitrogen and oxygen atoms in total. The van der Waals surface area contributed by atoms with E-state index in [1.807, 2.05) is 19.2 Å². The van der Waals surface area contributed by atoms with Crippen LogP contribution in [0.3, 0.4) is 0 Å². The number of rotatable bonds is 3. The molecule has 100 valence electrons. The molecule has 0 bridgehead atoms. The van der Waals surface area contributed by atoms with E-state index in [0.717, 1.165) is 18.4 Å². The predicted octanol–water partition coefficient (Wildman–Crippen LogP) is 2.77. The third-order valence-corrected chi connectivity index (χ3v) is 4.35. The van der Waals surface area contributed by atoms with Crippen LogP contribution in [0.15, 0.2) is 24.3 Å². The minimum Gasteiger partial charge on any atom is -0.326 e. The summed E-state index contributed by atoms with van der Waals surface area (Å²) in [5.41, 5.74) is 7.25. The standard InChI is InChI=1S/C15H23FN2/c1-15(2)9-8-13(14(15)17)18(3)10-11-6-4-5-7-12(11)16/h4-7,13-14H,8-10,17H2,1-3H3.